The number of nitrogens with zero attached hydrogens (tertiary/aromatic N) is 3. The second-order valence-corrected chi connectivity index (χ2v) is 10.0. The average Bonchev–Trinajstić information content (AvgIpc) is 3.33. The smallest absolute Gasteiger partial charge is 0.258 e. The molecule has 8 nitrogen and oxygen atoms in total. The van der Waals surface area contributed by atoms with Crippen molar-refractivity contribution in [2.45, 2.75) is 12.8 Å². The number of piperazine rings is 1. The molecule has 4 aromatic rings. The van der Waals surface area contributed by atoms with Crippen molar-refractivity contribution < 1.29 is 13.9 Å². The van der Waals surface area contributed by atoms with Crippen LogP contribution in [0.3, 0.4) is 0 Å². The highest BCUT2D eigenvalue weighted by molar-refractivity contribution is 6.11. The molecule has 1 aliphatic heterocycles. The van der Waals surface area contributed by atoms with Crippen molar-refractivity contribution in [1.29, 1.82) is 0 Å². The first kappa shape index (κ1) is 26.6. The maximum Gasteiger partial charge on any atom is 0.258 e. The van der Waals surface area contributed by atoms with Gasteiger partial charge in [0.2, 0.25) is 0 Å². The molecule has 0 radical (unpaired) electrons. The fourth-order valence-electron chi connectivity index (χ4n) is 4.90. The number of rotatable bonds is 10. The number of halogens is 1. The molecule has 1 saturated heterocycles. The Hall–Kier alpha value is -3.95. The van der Waals surface area contributed by atoms with Crippen LogP contribution in [-0.2, 0) is 11.2 Å². The minimum Gasteiger partial charge on any atom is -0.385 e. The maximum absolute atomic E-state index is 13.7. The van der Waals surface area contributed by atoms with Crippen LogP contribution in [0.2, 0.25) is 0 Å². The van der Waals surface area contributed by atoms with Crippen LogP contribution in [0.15, 0.2) is 60.7 Å². The third-order valence-corrected chi connectivity index (χ3v) is 7.11. The Morgan fingerprint density at radius 2 is 1.87 bits per heavy atom. The van der Waals surface area contributed by atoms with E-state index in [1.807, 2.05) is 36.4 Å². The summed E-state index contributed by atoms with van der Waals surface area (Å²) in [6.07, 6.45) is 1.41. The summed E-state index contributed by atoms with van der Waals surface area (Å²) in [6, 6.07) is 18.4. The van der Waals surface area contributed by atoms with Crippen LogP contribution in [0, 0.1) is 5.82 Å². The number of benzene rings is 3. The number of hydrogen-bond donors (Lipinski definition) is 3. The van der Waals surface area contributed by atoms with E-state index < -0.39 is 0 Å². The number of ether oxygens (including phenoxy) is 1. The monoisotopic (exact) mass is 530 g/mol. The maximum atomic E-state index is 13.7. The quantitative estimate of drug-likeness (QED) is 0.257. The molecule has 3 N–H and O–H groups in total. The van der Waals surface area contributed by atoms with Gasteiger partial charge < -0.3 is 25.2 Å². The molecule has 0 bridgehead atoms. The first-order chi connectivity index (χ1) is 19.0. The predicted octanol–water partition coefficient (Wildman–Crippen LogP) is 4.75. The lowest BCUT2D eigenvalue weighted by Crippen LogP contribution is -2.44. The molecule has 39 heavy (non-hydrogen) atoms. The molecule has 5 rings (SSSR count). The van der Waals surface area contributed by atoms with E-state index in [1.165, 1.54) is 12.1 Å². The summed E-state index contributed by atoms with van der Waals surface area (Å²) in [7, 11) is 3.82. The summed E-state index contributed by atoms with van der Waals surface area (Å²) in [5, 5.41) is 14.6. The number of carbonyl (C=O) groups excluding carboxylic acids is 1. The summed E-state index contributed by atoms with van der Waals surface area (Å²) in [5.41, 5.74) is 5.14. The van der Waals surface area contributed by atoms with Crippen molar-refractivity contribution in [3.05, 3.63) is 83.2 Å². The topological polar surface area (TPSA) is 85.5 Å². The van der Waals surface area contributed by atoms with E-state index in [9.17, 15) is 9.18 Å². The number of likely N-dealkylation sites (N-methyl/N-ethyl adjacent to an activating group) is 1. The number of nitrogens with one attached hydrogen (secondary N) is 3. The Balaban J connectivity index is 1.37. The highest BCUT2D eigenvalue weighted by Gasteiger charge is 2.19. The van der Waals surface area contributed by atoms with Gasteiger partial charge >= 0.3 is 0 Å². The number of H-pyrrole nitrogens is 1. The molecule has 1 amide bonds. The Morgan fingerprint density at radius 3 is 2.67 bits per heavy atom. The fraction of sp³-hybridized carbons (Fsp3) is 0.333. The van der Waals surface area contributed by atoms with Gasteiger partial charge in [0.05, 0.1) is 11.1 Å². The molecule has 1 fully saturated rings. The molecule has 0 unspecified atom stereocenters. The van der Waals surface area contributed by atoms with Crippen LogP contribution < -0.4 is 15.5 Å². The molecule has 0 aliphatic carbocycles. The van der Waals surface area contributed by atoms with Gasteiger partial charge in [0.25, 0.3) is 5.91 Å². The zero-order valence-electron chi connectivity index (χ0n) is 22.5. The van der Waals surface area contributed by atoms with E-state index in [0.717, 1.165) is 66.0 Å². The van der Waals surface area contributed by atoms with Gasteiger partial charge in [-0.15, -0.1) is 0 Å². The van der Waals surface area contributed by atoms with E-state index in [0.29, 0.717) is 31.0 Å². The van der Waals surface area contributed by atoms with Crippen molar-refractivity contribution in [1.82, 2.24) is 15.1 Å². The molecule has 1 aliphatic rings. The fourth-order valence-corrected chi connectivity index (χ4v) is 4.90. The summed E-state index contributed by atoms with van der Waals surface area (Å²) >= 11 is 0. The Bertz CT molecular complexity index is 1430. The Morgan fingerprint density at radius 1 is 1.05 bits per heavy atom. The highest BCUT2D eigenvalue weighted by Crippen LogP contribution is 2.28. The second kappa shape index (κ2) is 12.3. The summed E-state index contributed by atoms with van der Waals surface area (Å²) < 4.78 is 18.8. The minimum absolute atomic E-state index is 0.238. The standard InChI is InChI=1S/C30H35FN6O2/c1-36-12-14-37(15-13-36)24-8-9-25(28(20-24)32-11-4-16-39-2)30(38)33-29-26-19-22(7-10-27(26)34-35-29)17-21-5-3-6-23(31)18-21/h3,5-10,18-20,32H,4,11-17H2,1-2H3,(H2,33,34,35,38). The molecule has 9 heteroatoms. The van der Waals surface area contributed by atoms with Crippen LogP contribution in [0.1, 0.15) is 27.9 Å². The number of fused-ring (bicyclic) bond motifs is 1. The van der Waals surface area contributed by atoms with Gasteiger partial charge in [-0.1, -0.05) is 18.2 Å². The number of amides is 1. The Kier molecular flexibility index (Phi) is 8.39. The molecule has 0 spiro atoms. The third kappa shape index (κ3) is 6.55. The largest absolute Gasteiger partial charge is 0.385 e. The van der Waals surface area contributed by atoms with Crippen molar-refractivity contribution in [3.8, 4) is 0 Å². The van der Waals surface area contributed by atoms with Gasteiger partial charge in [-0.05, 0) is 73.5 Å². The van der Waals surface area contributed by atoms with Crippen LogP contribution in [-0.4, -0.2) is 74.5 Å². The number of carbonyl (C=O) groups is 1. The van der Waals surface area contributed by atoms with Crippen LogP contribution in [0.5, 0.6) is 0 Å². The molecule has 0 saturated carbocycles. The van der Waals surface area contributed by atoms with E-state index in [1.54, 1.807) is 13.2 Å². The first-order valence-corrected chi connectivity index (χ1v) is 13.3. The first-order valence-electron chi connectivity index (χ1n) is 13.3. The molecule has 204 valence electrons. The summed E-state index contributed by atoms with van der Waals surface area (Å²) in [6.45, 7) is 5.24. The second-order valence-electron chi connectivity index (χ2n) is 10.0. The molecular weight excluding hydrogens is 495 g/mol. The SMILES string of the molecule is COCCCNc1cc(N2CCN(C)CC2)ccc1C(=O)Nc1n[nH]c2ccc(Cc3cccc(F)c3)cc12. The van der Waals surface area contributed by atoms with E-state index in [2.05, 4.69) is 43.7 Å². The van der Waals surface area contributed by atoms with Crippen molar-refractivity contribution in [2.75, 3.05) is 69.0 Å². The lowest BCUT2D eigenvalue weighted by Gasteiger charge is -2.34. The van der Waals surface area contributed by atoms with Crippen LogP contribution in [0.25, 0.3) is 10.9 Å². The lowest BCUT2D eigenvalue weighted by atomic mass is 10.0. The average molecular weight is 531 g/mol. The zero-order valence-corrected chi connectivity index (χ0v) is 22.5. The molecule has 3 aromatic carbocycles. The van der Waals surface area contributed by atoms with Crippen molar-refractivity contribution in [2.24, 2.45) is 0 Å². The van der Waals surface area contributed by atoms with Gasteiger partial charge in [-0.3, -0.25) is 9.89 Å². The number of aromatic nitrogens is 2. The highest BCUT2D eigenvalue weighted by atomic mass is 19.1. The van der Waals surface area contributed by atoms with Crippen LogP contribution in [0.4, 0.5) is 21.6 Å². The van der Waals surface area contributed by atoms with Crippen molar-refractivity contribution in [3.63, 3.8) is 0 Å². The predicted molar refractivity (Wildman–Crippen MR) is 154 cm³/mol. The van der Waals surface area contributed by atoms with Gasteiger partial charge in [0.1, 0.15) is 5.82 Å². The van der Waals surface area contributed by atoms with E-state index in [-0.39, 0.29) is 11.7 Å². The normalized spacial score (nSPS) is 14.1. The molecular formula is C30H35FN6O2. The van der Waals surface area contributed by atoms with Gasteiger partial charge in [-0.25, -0.2) is 4.39 Å². The Labute approximate surface area is 228 Å². The summed E-state index contributed by atoms with van der Waals surface area (Å²) in [4.78, 5) is 18.2. The third-order valence-electron chi connectivity index (χ3n) is 7.11. The zero-order chi connectivity index (χ0) is 27.2. The molecule has 2 heterocycles. The number of anilines is 3. The van der Waals surface area contributed by atoms with Gasteiger partial charge in [0, 0.05) is 63.2 Å². The van der Waals surface area contributed by atoms with Crippen molar-refractivity contribution >= 4 is 34.0 Å². The number of hydrogen-bond acceptors (Lipinski definition) is 6. The van der Waals surface area contributed by atoms with Gasteiger partial charge in [0.15, 0.2) is 5.82 Å². The van der Waals surface area contributed by atoms with Crippen LogP contribution >= 0.6 is 0 Å². The van der Waals surface area contributed by atoms with E-state index >= 15 is 0 Å². The molecule has 1 aromatic heterocycles. The number of aromatic amines is 1. The number of methoxy groups -OCH3 is 1. The van der Waals surface area contributed by atoms with E-state index in [4.69, 9.17) is 4.74 Å². The summed E-state index contributed by atoms with van der Waals surface area (Å²) in [5.74, 6) is -0.0298. The lowest BCUT2D eigenvalue weighted by molar-refractivity contribution is 0.102. The molecule has 0 atom stereocenters. The minimum atomic E-state index is -0.255. The van der Waals surface area contributed by atoms with Gasteiger partial charge in [-0.2, -0.15) is 5.10 Å².